The van der Waals surface area contributed by atoms with Crippen molar-refractivity contribution in [1.82, 2.24) is 5.43 Å². The van der Waals surface area contributed by atoms with Gasteiger partial charge in [-0.05, 0) is 30.3 Å². The summed E-state index contributed by atoms with van der Waals surface area (Å²) in [5.74, 6) is -1.07. The molecule has 21 heavy (non-hydrogen) atoms. The second-order valence-corrected chi connectivity index (χ2v) is 4.86. The summed E-state index contributed by atoms with van der Waals surface area (Å²) in [7, 11) is 0. The highest BCUT2D eigenvalue weighted by atomic mass is 35.5. The number of para-hydroxylation sites is 1. The molecule has 0 unspecified atom stereocenters. The van der Waals surface area contributed by atoms with Gasteiger partial charge in [-0.25, -0.2) is 5.43 Å². The van der Waals surface area contributed by atoms with Gasteiger partial charge < -0.3 is 10.2 Å². The fraction of sp³-hybridized carbons (Fsp3) is 0. The second-order valence-electron chi connectivity index (χ2n) is 4.04. The molecule has 0 radical (unpaired) electrons. The first-order valence-electron chi connectivity index (χ1n) is 5.78. The van der Waals surface area contributed by atoms with E-state index in [0.717, 1.165) is 0 Å². The second kappa shape index (κ2) is 6.47. The van der Waals surface area contributed by atoms with E-state index < -0.39 is 5.91 Å². The normalized spacial score (nSPS) is 10.8. The minimum absolute atomic E-state index is 0.263. The maximum atomic E-state index is 11.8. The van der Waals surface area contributed by atoms with E-state index in [1.807, 2.05) is 0 Å². The molecule has 0 aliphatic rings. The van der Waals surface area contributed by atoms with Crippen LogP contribution in [-0.2, 0) is 0 Å². The molecule has 0 aliphatic heterocycles. The van der Waals surface area contributed by atoms with Crippen LogP contribution in [0.3, 0.4) is 0 Å². The quantitative estimate of drug-likeness (QED) is 0.460. The molecule has 0 spiro atoms. The number of amides is 1. The summed E-state index contributed by atoms with van der Waals surface area (Å²) < 4.78 is 0. The molecule has 0 saturated carbocycles. The lowest BCUT2D eigenvalue weighted by Gasteiger charge is -2.03. The number of nitrogens with one attached hydrogen (secondary N) is 1. The van der Waals surface area contributed by atoms with Crippen LogP contribution in [0.4, 0.5) is 0 Å². The molecule has 0 heterocycles. The largest absolute Gasteiger partial charge is 0.504 e. The number of halogens is 2. The van der Waals surface area contributed by atoms with Crippen LogP contribution in [-0.4, -0.2) is 22.3 Å². The smallest absolute Gasteiger partial charge is 0.271 e. The van der Waals surface area contributed by atoms with Gasteiger partial charge in [-0.2, -0.15) is 5.10 Å². The number of hydrogen-bond donors (Lipinski definition) is 3. The van der Waals surface area contributed by atoms with Crippen molar-refractivity contribution >= 4 is 35.3 Å². The Labute approximate surface area is 130 Å². The van der Waals surface area contributed by atoms with Gasteiger partial charge in [-0.15, -0.1) is 0 Å². The summed E-state index contributed by atoms with van der Waals surface area (Å²) >= 11 is 11.6. The van der Waals surface area contributed by atoms with Crippen molar-refractivity contribution in [2.75, 3.05) is 0 Å². The van der Waals surface area contributed by atoms with Crippen LogP contribution in [0.1, 0.15) is 15.9 Å². The third kappa shape index (κ3) is 3.65. The maximum absolute atomic E-state index is 11.8. The van der Waals surface area contributed by atoms with Crippen LogP contribution in [0.2, 0.25) is 10.0 Å². The van der Waals surface area contributed by atoms with Gasteiger partial charge in [0.05, 0.1) is 16.3 Å². The molecule has 7 heteroatoms. The Morgan fingerprint density at radius 3 is 2.62 bits per heavy atom. The molecule has 0 aliphatic carbocycles. The van der Waals surface area contributed by atoms with Crippen LogP contribution in [0.5, 0.6) is 11.5 Å². The molecule has 0 bridgehead atoms. The van der Waals surface area contributed by atoms with Crippen molar-refractivity contribution in [2.24, 2.45) is 5.10 Å². The van der Waals surface area contributed by atoms with Gasteiger partial charge in [-0.1, -0.05) is 29.3 Å². The van der Waals surface area contributed by atoms with Gasteiger partial charge in [-0.3, -0.25) is 4.79 Å². The van der Waals surface area contributed by atoms with Crippen LogP contribution in [0, 0.1) is 0 Å². The van der Waals surface area contributed by atoms with E-state index >= 15 is 0 Å². The van der Waals surface area contributed by atoms with E-state index in [9.17, 15) is 15.0 Å². The van der Waals surface area contributed by atoms with Crippen LogP contribution >= 0.6 is 23.2 Å². The highest BCUT2D eigenvalue weighted by molar-refractivity contribution is 6.42. The molecule has 5 nitrogen and oxygen atoms in total. The molecular formula is C14H10Cl2N2O3. The average Bonchev–Trinajstić information content (AvgIpc) is 2.46. The Hall–Kier alpha value is -2.24. The number of carbonyl (C=O) groups excluding carboxylic acids is 1. The zero-order valence-electron chi connectivity index (χ0n) is 10.5. The Balaban J connectivity index is 2.08. The minimum atomic E-state index is -0.482. The highest BCUT2D eigenvalue weighted by Crippen LogP contribution is 2.26. The first-order valence-corrected chi connectivity index (χ1v) is 6.54. The molecule has 0 aromatic heterocycles. The number of hydrogen-bond acceptors (Lipinski definition) is 4. The summed E-state index contributed by atoms with van der Waals surface area (Å²) in [6.45, 7) is 0. The molecule has 3 N–H and O–H groups in total. The molecule has 1 amide bonds. The van der Waals surface area contributed by atoms with E-state index in [4.69, 9.17) is 23.2 Å². The van der Waals surface area contributed by atoms with Gasteiger partial charge in [0.25, 0.3) is 5.91 Å². The molecular weight excluding hydrogens is 315 g/mol. The van der Waals surface area contributed by atoms with Crippen molar-refractivity contribution < 1.29 is 15.0 Å². The predicted octanol–water partition coefficient (Wildman–Crippen LogP) is 3.17. The lowest BCUT2D eigenvalue weighted by molar-refractivity contribution is 0.0955. The van der Waals surface area contributed by atoms with Crippen molar-refractivity contribution in [3.8, 4) is 11.5 Å². The van der Waals surface area contributed by atoms with E-state index in [1.165, 1.54) is 42.6 Å². The first kappa shape index (κ1) is 15.2. The number of nitrogens with zero attached hydrogens (tertiary/aromatic N) is 1. The van der Waals surface area contributed by atoms with Gasteiger partial charge >= 0.3 is 0 Å². The third-order valence-electron chi connectivity index (χ3n) is 2.60. The fourth-order valence-electron chi connectivity index (χ4n) is 1.52. The SMILES string of the molecule is O=C(N/N=C\c1cccc(O)c1O)c1ccc(Cl)c(Cl)c1. The van der Waals surface area contributed by atoms with Crippen molar-refractivity contribution in [1.29, 1.82) is 0 Å². The molecule has 0 fully saturated rings. The number of benzene rings is 2. The summed E-state index contributed by atoms with van der Waals surface area (Å²) in [5.41, 5.74) is 2.84. The zero-order valence-corrected chi connectivity index (χ0v) is 12.1. The molecule has 2 rings (SSSR count). The van der Waals surface area contributed by atoms with E-state index in [0.29, 0.717) is 10.6 Å². The maximum Gasteiger partial charge on any atom is 0.271 e. The molecule has 0 saturated heterocycles. The zero-order chi connectivity index (χ0) is 15.4. The monoisotopic (exact) mass is 324 g/mol. The fourth-order valence-corrected chi connectivity index (χ4v) is 1.81. The first-order chi connectivity index (χ1) is 9.99. The Kier molecular flexibility index (Phi) is 4.67. The van der Waals surface area contributed by atoms with Crippen molar-refractivity contribution in [3.05, 3.63) is 57.6 Å². The van der Waals surface area contributed by atoms with Gasteiger partial charge in [0, 0.05) is 11.1 Å². The summed E-state index contributed by atoms with van der Waals surface area (Å²) in [5, 5.41) is 23.2. The summed E-state index contributed by atoms with van der Waals surface area (Å²) in [4.78, 5) is 11.8. The Morgan fingerprint density at radius 1 is 1.14 bits per heavy atom. The number of aromatic hydroxyl groups is 2. The number of phenolic OH excluding ortho intramolecular Hbond substituents is 2. The number of phenols is 2. The standard InChI is InChI=1S/C14H10Cl2N2O3/c15-10-5-4-8(6-11(10)16)14(21)18-17-7-9-2-1-3-12(19)13(9)20/h1-7,19-20H,(H,18,21)/b17-7-. The topological polar surface area (TPSA) is 81.9 Å². The van der Waals surface area contributed by atoms with Crippen molar-refractivity contribution in [2.45, 2.75) is 0 Å². The van der Waals surface area contributed by atoms with Crippen LogP contribution in [0.25, 0.3) is 0 Å². The van der Waals surface area contributed by atoms with E-state index in [2.05, 4.69) is 10.5 Å². The van der Waals surface area contributed by atoms with E-state index in [-0.39, 0.29) is 22.1 Å². The lowest BCUT2D eigenvalue weighted by atomic mass is 10.2. The average molecular weight is 325 g/mol. The summed E-state index contributed by atoms with van der Waals surface area (Å²) in [6.07, 6.45) is 1.21. The number of carbonyl (C=O) groups is 1. The minimum Gasteiger partial charge on any atom is -0.504 e. The predicted molar refractivity (Wildman–Crippen MR) is 81.3 cm³/mol. The van der Waals surface area contributed by atoms with Crippen LogP contribution < -0.4 is 5.43 Å². The molecule has 2 aromatic carbocycles. The highest BCUT2D eigenvalue weighted by Gasteiger charge is 2.07. The number of rotatable bonds is 3. The van der Waals surface area contributed by atoms with E-state index in [1.54, 1.807) is 0 Å². The Morgan fingerprint density at radius 2 is 1.90 bits per heavy atom. The molecule has 0 atom stereocenters. The Bertz CT molecular complexity index is 717. The van der Waals surface area contributed by atoms with Crippen molar-refractivity contribution in [3.63, 3.8) is 0 Å². The van der Waals surface area contributed by atoms with Gasteiger partial charge in [0.2, 0.25) is 0 Å². The van der Waals surface area contributed by atoms with Crippen LogP contribution in [0.15, 0.2) is 41.5 Å². The number of hydrazone groups is 1. The molecule has 108 valence electrons. The summed E-state index contributed by atoms with van der Waals surface area (Å²) in [6, 6.07) is 8.83. The van der Waals surface area contributed by atoms with Gasteiger partial charge in [0.1, 0.15) is 0 Å². The van der Waals surface area contributed by atoms with Gasteiger partial charge in [0.15, 0.2) is 11.5 Å². The lowest BCUT2D eigenvalue weighted by Crippen LogP contribution is -2.17. The molecule has 2 aromatic rings. The third-order valence-corrected chi connectivity index (χ3v) is 3.34.